The van der Waals surface area contributed by atoms with Crippen molar-refractivity contribution >= 4 is 17.5 Å². The van der Waals surface area contributed by atoms with Crippen molar-refractivity contribution in [2.75, 3.05) is 5.75 Å². The Morgan fingerprint density at radius 2 is 1.76 bits per heavy atom. The second kappa shape index (κ2) is 7.61. The van der Waals surface area contributed by atoms with Crippen LogP contribution < -0.4 is 0 Å². The molecule has 128 valence electrons. The van der Waals surface area contributed by atoms with Gasteiger partial charge >= 0.3 is 0 Å². The summed E-state index contributed by atoms with van der Waals surface area (Å²) in [6.07, 6.45) is 0. The Hall–Kier alpha value is -2.47. The molecule has 0 aliphatic rings. The van der Waals surface area contributed by atoms with Crippen LogP contribution in [0, 0.1) is 20.8 Å². The fourth-order valence-electron chi connectivity index (χ4n) is 2.62. The van der Waals surface area contributed by atoms with Crippen LogP contribution in [0.4, 0.5) is 0 Å². The summed E-state index contributed by atoms with van der Waals surface area (Å²) in [4.78, 5) is 12.6. The van der Waals surface area contributed by atoms with E-state index < -0.39 is 0 Å². The summed E-state index contributed by atoms with van der Waals surface area (Å²) >= 11 is 1.37. The van der Waals surface area contributed by atoms with E-state index in [-0.39, 0.29) is 5.78 Å². The number of rotatable bonds is 6. The van der Waals surface area contributed by atoms with E-state index in [1.54, 1.807) is 4.68 Å². The van der Waals surface area contributed by atoms with Crippen LogP contribution >= 0.6 is 11.8 Å². The highest BCUT2D eigenvalue weighted by Gasteiger charge is 2.14. The van der Waals surface area contributed by atoms with Gasteiger partial charge in [-0.25, -0.2) is 4.68 Å². The number of ketones is 1. The Balaban J connectivity index is 1.69. The molecule has 3 rings (SSSR count). The van der Waals surface area contributed by atoms with E-state index in [1.807, 2.05) is 50.2 Å². The molecule has 0 N–H and O–H groups in total. The van der Waals surface area contributed by atoms with Crippen LogP contribution in [-0.2, 0) is 6.54 Å². The number of benzene rings is 2. The lowest BCUT2D eigenvalue weighted by atomic mass is 9.99. The summed E-state index contributed by atoms with van der Waals surface area (Å²) in [6, 6.07) is 14.0. The number of thioether (sulfide) groups is 1. The van der Waals surface area contributed by atoms with Gasteiger partial charge in [-0.2, -0.15) is 0 Å². The molecule has 0 saturated heterocycles. The molecule has 25 heavy (non-hydrogen) atoms. The van der Waals surface area contributed by atoms with E-state index in [1.165, 1.54) is 17.3 Å². The lowest BCUT2D eigenvalue weighted by molar-refractivity contribution is 0.102. The minimum absolute atomic E-state index is 0.0971. The second-order valence-electron chi connectivity index (χ2n) is 6.07. The van der Waals surface area contributed by atoms with Gasteiger partial charge in [-0.05, 0) is 59.5 Å². The third-order valence-electron chi connectivity index (χ3n) is 4.15. The maximum Gasteiger partial charge on any atom is 0.210 e. The molecule has 0 aliphatic carbocycles. The third-order valence-corrected chi connectivity index (χ3v) is 5.10. The Morgan fingerprint density at radius 3 is 2.52 bits per heavy atom. The second-order valence-corrected chi connectivity index (χ2v) is 7.01. The van der Waals surface area contributed by atoms with Gasteiger partial charge in [0.1, 0.15) is 0 Å². The fourth-order valence-corrected chi connectivity index (χ4v) is 3.38. The van der Waals surface area contributed by atoms with Gasteiger partial charge in [-0.3, -0.25) is 4.79 Å². The zero-order valence-electron chi connectivity index (χ0n) is 14.6. The van der Waals surface area contributed by atoms with Crippen molar-refractivity contribution in [2.24, 2.45) is 0 Å². The number of hydrogen-bond donors (Lipinski definition) is 0. The van der Waals surface area contributed by atoms with Gasteiger partial charge < -0.3 is 0 Å². The molecule has 0 radical (unpaired) electrons. The fraction of sp³-hybridized carbons (Fsp3) is 0.263. The number of aromatic nitrogens is 4. The molecule has 3 aromatic rings. The summed E-state index contributed by atoms with van der Waals surface area (Å²) in [5.74, 6) is 0.415. The van der Waals surface area contributed by atoms with Crippen molar-refractivity contribution in [3.63, 3.8) is 0 Å². The molecule has 0 spiro atoms. The molecular weight excluding hydrogens is 332 g/mol. The first-order valence-electron chi connectivity index (χ1n) is 8.08. The number of carbonyl (C=O) groups is 1. The molecule has 1 aromatic heterocycles. The van der Waals surface area contributed by atoms with Crippen molar-refractivity contribution in [1.29, 1.82) is 0 Å². The molecule has 0 atom stereocenters. The maximum absolute atomic E-state index is 12.6. The highest BCUT2D eigenvalue weighted by atomic mass is 32.2. The Labute approximate surface area is 151 Å². The van der Waals surface area contributed by atoms with E-state index >= 15 is 0 Å². The zero-order chi connectivity index (χ0) is 17.8. The van der Waals surface area contributed by atoms with E-state index in [9.17, 15) is 4.79 Å². The minimum Gasteiger partial charge on any atom is -0.293 e. The van der Waals surface area contributed by atoms with Crippen LogP contribution in [0.3, 0.4) is 0 Å². The highest BCUT2D eigenvalue weighted by molar-refractivity contribution is 7.99. The first kappa shape index (κ1) is 17.4. The first-order valence-corrected chi connectivity index (χ1v) is 9.07. The average Bonchev–Trinajstić information content (AvgIpc) is 3.04. The quantitative estimate of drug-likeness (QED) is 0.501. The standard InChI is InChI=1S/C19H20N4OS/c1-13-9-15(3)17(10-14(13)2)18(24)12-25-19-20-21-22-23(19)11-16-7-5-4-6-8-16/h4-10H,11-12H2,1-3H3. The molecule has 0 fully saturated rings. The van der Waals surface area contributed by atoms with Crippen molar-refractivity contribution in [2.45, 2.75) is 32.5 Å². The number of hydrogen-bond acceptors (Lipinski definition) is 5. The van der Waals surface area contributed by atoms with Gasteiger partial charge in [0.25, 0.3) is 0 Å². The van der Waals surface area contributed by atoms with Crippen molar-refractivity contribution in [1.82, 2.24) is 20.2 Å². The lowest BCUT2D eigenvalue weighted by Gasteiger charge is -2.09. The molecule has 1 heterocycles. The van der Waals surface area contributed by atoms with E-state index in [4.69, 9.17) is 0 Å². The maximum atomic E-state index is 12.6. The SMILES string of the molecule is Cc1cc(C)c(C(=O)CSc2nnnn2Cc2ccccc2)cc1C. The van der Waals surface area contributed by atoms with Crippen LogP contribution in [0.15, 0.2) is 47.6 Å². The van der Waals surface area contributed by atoms with E-state index in [0.717, 1.165) is 22.3 Å². The Morgan fingerprint density at radius 1 is 1.04 bits per heavy atom. The molecule has 0 saturated carbocycles. The number of tetrazole rings is 1. The van der Waals surface area contributed by atoms with Crippen LogP contribution in [0.5, 0.6) is 0 Å². The van der Waals surface area contributed by atoms with Crippen LogP contribution in [0.1, 0.15) is 32.6 Å². The summed E-state index contributed by atoms with van der Waals surface area (Å²) in [5.41, 5.74) is 5.24. The third kappa shape index (κ3) is 4.14. The van der Waals surface area contributed by atoms with E-state index in [2.05, 4.69) is 28.5 Å². The Bertz CT molecular complexity index is 890. The van der Waals surface area contributed by atoms with Gasteiger partial charge in [0.05, 0.1) is 12.3 Å². The molecule has 6 heteroatoms. The van der Waals surface area contributed by atoms with Crippen LogP contribution in [0.2, 0.25) is 0 Å². The first-order chi connectivity index (χ1) is 12.0. The normalized spacial score (nSPS) is 10.8. The highest BCUT2D eigenvalue weighted by Crippen LogP contribution is 2.20. The topological polar surface area (TPSA) is 60.7 Å². The van der Waals surface area contributed by atoms with Gasteiger partial charge in [0.2, 0.25) is 5.16 Å². The van der Waals surface area contributed by atoms with Crippen molar-refractivity contribution in [3.8, 4) is 0 Å². The molecule has 2 aromatic carbocycles. The summed E-state index contributed by atoms with van der Waals surface area (Å²) in [5, 5.41) is 12.5. The van der Waals surface area contributed by atoms with Gasteiger partial charge in [-0.1, -0.05) is 48.2 Å². The number of Topliss-reactive ketones (excluding diaryl/α,β-unsaturated/α-hetero) is 1. The molecule has 0 amide bonds. The summed E-state index contributed by atoms with van der Waals surface area (Å²) in [6.45, 7) is 6.65. The predicted octanol–water partition coefficient (Wildman–Crippen LogP) is 3.62. The predicted molar refractivity (Wildman–Crippen MR) is 99.1 cm³/mol. The molecule has 5 nitrogen and oxygen atoms in total. The molecule has 0 bridgehead atoms. The van der Waals surface area contributed by atoms with Crippen LogP contribution in [0.25, 0.3) is 0 Å². The van der Waals surface area contributed by atoms with E-state index in [0.29, 0.717) is 17.5 Å². The number of nitrogens with zero attached hydrogens (tertiary/aromatic N) is 4. The minimum atomic E-state index is 0.0971. The smallest absolute Gasteiger partial charge is 0.210 e. The summed E-state index contributed by atoms with van der Waals surface area (Å²) in [7, 11) is 0. The molecule has 0 aliphatic heterocycles. The van der Waals surface area contributed by atoms with Crippen LogP contribution in [-0.4, -0.2) is 31.7 Å². The average molecular weight is 352 g/mol. The monoisotopic (exact) mass is 352 g/mol. The summed E-state index contributed by atoms with van der Waals surface area (Å²) < 4.78 is 1.72. The van der Waals surface area contributed by atoms with Gasteiger partial charge in [0, 0.05) is 5.56 Å². The van der Waals surface area contributed by atoms with Gasteiger partial charge in [-0.15, -0.1) is 5.10 Å². The van der Waals surface area contributed by atoms with Gasteiger partial charge in [0.15, 0.2) is 5.78 Å². The van der Waals surface area contributed by atoms with Crippen molar-refractivity contribution in [3.05, 3.63) is 70.3 Å². The molecule has 0 unspecified atom stereocenters. The lowest BCUT2D eigenvalue weighted by Crippen LogP contribution is -2.08. The number of aryl methyl sites for hydroxylation is 3. The largest absolute Gasteiger partial charge is 0.293 e. The Kier molecular flexibility index (Phi) is 5.28. The number of carbonyl (C=O) groups excluding carboxylic acids is 1. The molecular formula is C19H20N4OS. The van der Waals surface area contributed by atoms with Crippen molar-refractivity contribution < 1.29 is 4.79 Å². The zero-order valence-corrected chi connectivity index (χ0v) is 15.4.